The maximum atomic E-state index is 2.41. The largest absolute Gasteiger partial charge is 0.0836 e. The van der Waals surface area contributed by atoms with Gasteiger partial charge in [0.1, 0.15) is 0 Å². The molecule has 0 aliphatic heterocycles. The molecule has 0 aromatic heterocycles. The molecule has 0 atom stereocenters. The number of allylic oxidation sites excluding steroid dienone is 1. The lowest BCUT2D eigenvalue weighted by atomic mass is 9.89. The highest BCUT2D eigenvalue weighted by atomic mass is 14.2. The van der Waals surface area contributed by atoms with Crippen LogP contribution in [-0.4, -0.2) is 0 Å². The summed E-state index contributed by atoms with van der Waals surface area (Å²) < 4.78 is 0. The van der Waals surface area contributed by atoms with E-state index in [1.54, 1.807) is 5.56 Å². The number of fused-ring (bicyclic) bond motifs is 4. The van der Waals surface area contributed by atoms with Gasteiger partial charge in [-0.3, -0.25) is 0 Å². The molecule has 96 valence electrons. The fourth-order valence-corrected chi connectivity index (χ4v) is 4.08. The second-order valence-corrected chi connectivity index (χ2v) is 6.04. The average molecular weight is 256 g/mol. The third-order valence-electron chi connectivity index (χ3n) is 5.00. The number of rotatable bonds is 0. The van der Waals surface area contributed by atoms with E-state index in [0.717, 1.165) is 0 Å². The Morgan fingerprint density at radius 3 is 2.80 bits per heavy atom. The molecule has 0 fully saturated rings. The van der Waals surface area contributed by atoms with E-state index in [1.165, 1.54) is 63.9 Å². The second kappa shape index (κ2) is 3.73. The Morgan fingerprint density at radius 2 is 1.80 bits per heavy atom. The molecule has 0 bridgehead atoms. The van der Waals surface area contributed by atoms with Gasteiger partial charge in [0.25, 0.3) is 0 Å². The number of hydrogen-bond acceptors (Lipinski definition) is 0. The highest BCUT2D eigenvalue weighted by Crippen LogP contribution is 2.39. The molecule has 0 saturated carbocycles. The van der Waals surface area contributed by atoms with Crippen molar-refractivity contribution in [1.82, 2.24) is 0 Å². The quantitative estimate of drug-likeness (QED) is 0.494. The SMILES string of the molecule is C1=Cc2c(ccc3c4c5c(cccc5cc23)CC4)CC1. The Morgan fingerprint density at radius 1 is 0.800 bits per heavy atom. The van der Waals surface area contributed by atoms with Crippen molar-refractivity contribution in [3.63, 3.8) is 0 Å². The minimum Gasteiger partial charge on any atom is -0.0836 e. The van der Waals surface area contributed by atoms with Crippen LogP contribution in [0.15, 0.2) is 42.5 Å². The lowest BCUT2D eigenvalue weighted by Crippen LogP contribution is -1.96. The average Bonchev–Trinajstić information content (AvgIpc) is 2.93. The lowest BCUT2D eigenvalue weighted by Gasteiger charge is -2.16. The maximum absolute atomic E-state index is 2.41. The second-order valence-electron chi connectivity index (χ2n) is 6.04. The number of benzene rings is 3. The number of aryl methyl sites for hydroxylation is 3. The van der Waals surface area contributed by atoms with Crippen molar-refractivity contribution in [2.75, 3.05) is 0 Å². The number of hydrogen-bond donors (Lipinski definition) is 0. The van der Waals surface area contributed by atoms with Crippen LogP contribution in [0.3, 0.4) is 0 Å². The topological polar surface area (TPSA) is 0 Å². The highest BCUT2D eigenvalue weighted by Gasteiger charge is 2.19. The first-order chi connectivity index (χ1) is 9.92. The molecule has 0 radical (unpaired) electrons. The van der Waals surface area contributed by atoms with E-state index in [2.05, 4.69) is 48.6 Å². The standard InChI is InChI=1S/C20H16/c1-2-7-16-13(4-1)8-10-17-18-11-9-14-5-3-6-15(20(14)18)12-19(16)17/h2-3,5-8,10,12H,1,4,9,11H2. The summed E-state index contributed by atoms with van der Waals surface area (Å²) in [5.41, 5.74) is 6.09. The van der Waals surface area contributed by atoms with Crippen LogP contribution in [-0.2, 0) is 19.3 Å². The third-order valence-corrected chi connectivity index (χ3v) is 5.00. The van der Waals surface area contributed by atoms with Crippen molar-refractivity contribution in [2.24, 2.45) is 0 Å². The molecule has 0 spiro atoms. The van der Waals surface area contributed by atoms with Gasteiger partial charge in [0, 0.05) is 0 Å². The minimum absolute atomic E-state index is 1.18. The Kier molecular flexibility index (Phi) is 1.99. The monoisotopic (exact) mass is 256 g/mol. The highest BCUT2D eigenvalue weighted by molar-refractivity contribution is 6.07. The van der Waals surface area contributed by atoms with Crippen molar-refractivity contribution in [3.8, 4) is 0 Å². The Labute approximate surface area is 118 Å². The molecule has 0 amide bonds. The van der Waals surface area contributed by atoms with Gasteiger partial charge < -0.3 is 0 Å². The van der Waals surface area contributed by atoms with Crippen molar-refractivity contribution in [1.29, 1.82) is 0 Å². The van der Waals surface area contributed by atoms with Gasteiger partial charge in [-0.2, -0.15) is 0 Å². The molecule has 3 aromatic rings. The van der Waals surface area contributed by atoms with Gasteiger partial charge in [-0.1, -0.05) is 42.5 Å². The summed E-state index contributed by atoms with van der Waals surface area (Å²) in [5.74, 6) is 0. The molecule has 3 aromatic carbocycles. The maximum Gasteiger partial charge on any atom is -0.00996 e. The molecule has 5 rings (SSSR count). The van der Waals surface area contributed by atoms with E-state index < -0.39 is 0 Å². The fraction of sp³-hybridized carbons (Fsp3) is 0.200. The molecule has 0 unspecified atom stereocenters. The molecule has 0 heterocycles. The smallest absolute Gasteiger partial charge is 0.00996 e. The normalized spacial score (nSPS) is 16.0. The van der Waals surface area contributed by atoms with Gasteiger partial charge in [-0.25, -0.2) is 0 Å². The summed E-state index contributed by atoms with van der Waals surface area (Å²) in [5, 5.41) is 5.89. The van der Waals surface area contributed by atoms with E-state index in [4.69, 9.17) is 0 Å². The summed E-state index contributed by atoms with van der Waals surface area (Å²) in [6.45, 7) is 0. The summed E-state index contributed by atoms with van der Waals surface area (Å²) in [6, 6.07) is 13.9. The summed E-state index contributed by atoms with van der Waals surface area (Å²) >= 11 is 0. The molecule has 0 saturated heterocycles. The first-order valence-electron chi connectivity index (χ1n) is 7.57. The van der Waals surface area contributed by atoms with Crippen molar-refractivity contribution in [2.45, 2.75) is 25.7 Å². The molecule has 2 aliphatic rings. The van der Waals surface area contributed by atoms with Gasteiger partial charge in [-0.15, -0.1) is 0 Å². The molecular formula is C20H16. The molecule has 20 heavy (non-hydrogen) atoms. The van der Waals surface area contributed by atoms with Gasteiger partial charge in [-0.05, 0) is 75.5 Å². The van der Waals surface area contributed by atoms with E-state index in [9.17, 15) is 0 Å². The van der Waals surface area contributed by atoms with Gasteiger partial charge in [0.05, 0.1) is 0 Å². The van der Waals surface area contributed by atoms with Crippen molar-refractivity contribution < 1.29 is 0 Å². The molecule has 2 aliphatic carbocycles. The zero-order valence-corrected chi connectivity index (χ0v) is 11.4. The van der Waals surface area contributed by atoms with Crippen LogP contribution >= 0.6 is 0 Å². The van der Waals surface area contributed by atoms with E-state index in [0.29, 0.717) is 0 Å². The molecule has 0 nitrogen and oxygen atoms in total. The first-order valence-corrected chi connectivity index (χ1v) is 7.57. The van der Waals surface area contributed by atoms with Crippen LogP contribution in [0.5, 0.6) is 0 Å². The summed E-state index contributed by atoms with van der Waals surface area (Å²) in [4.78, 5) is 0. The first kappa shape index (κ1) is 10.7. The Balaban J connectivity index is 2.02. The van der Waals surface area contributed by atoms with Crippen LogP contribution in [0.4, 0.5) is 0 Å². The summed E-state index contributed by atoms with van der Waals surface area (Å²) in [7, 11) is 0. The fourth-order valence-electron chi connectivity index (χ4n) is 4.08. The van der Waals surface area contributed by atoms with Crippen LogP contribution in [0.2, 0.25) is 0 Å². The molecule has 0 N–H and O–H groups in total. The van der Waals surface area contributed by atoms with E-state index in [1.807, 2.05) is 0 Å². The zero-order valence-electron chi connectivity index (χ0n) is 11.4. The molecule has 0 heteroatoms. The van der Waals surface area contributed by atoms with Crippen LogP contribution in [0, 0.1) is 0 Å². The van der Waals surface area contributed by atoms with Crippen LogP contribution in [0.1, 0.15) is 28.7 Å². The van der Waals surface area contributed by atoms with Gasteiger partial charge >= 0.3 is 0 Å². The third kappa shape index (κ3) is 1.27. The lowest BCUT2D eigenvalue weighted by molar-refractivity contribution is 0.989. The predicted molar refractivity (Wildman–Crippen MR) is 86.2 cm³/mol. The van der Waals surface area contributed by atoms with Crippen molar-refractivity contribution in [3.05, 3.63) is 64.7 Å². The van der Waals surface area contributed by atoms with E-state index >= 15 is 0 Å². The Hall–Kier alpha value is -2.08. The van der Waals surface area contributed by atoms with Crippen LogP contribution in [0.25, 0.3) is 27.6 Å². The Bertz CT molecular complexity index is 897. The van der Waals surface area contributed by atoms with Gasteiger partial charge in [0.15, 0.2) is 0 Å². The van der Waals surface area contributed by atoms with Gasteiger partial charge in [0.2, 0.25) is 0 Å². The predicted octanol–water partition coefficient (Wildman–Crippen LogP) is 5.05. The van der Waals surface area contributed by atoms with Crippen molar-refractivity contribution >= 4 is 27.6 Å². The van der Waals surface area contributed by atoms with E-state index in [-0.39, 0.29) is 0 Å². The molecular weight excluding hydrogens is 240 g/mol. The van der Waals surface area contributed by atoms with Crippen LogP contribution < -0.4 is 0 Å². The summed E-state index contributed by atoms with van der Waals surface area (Å²) in [6.07, 6.45) is 9.44. The minimum atomic E-state index is 1.18. The zero-order chi connectivity index (χ0) is 13.1.